The average Bonchev–Trinajstić information content (AvgIpc) is 3.60. The van der Waals surface area contributed by atoms with Crippen molar-refractivity contribution in [2.75, 3.05) is 10.3 Å². The van der Waals surface area contributed by atoms with Crippen LogP contribution in [0.15, 0.2) is 133 Å². The lowest BCUT2D eigenvalue weighted by molar-refractivity contribution is -0.138. The monoisotopic (exact) mass is 783 g/mol. The van der Waals surface area contributed by atoms with Crippen molar-refractivity contribution in [3.8, 4) is 5.75 Å². The summed E-state index contributed by atoms with van der Waals surface area (Å²) >= 11 is 6.33. The Morgan fingerprint density at radius 1 is 0.772 bits per heavy atom. The van der Waals surface area contributed by atoms with Crippen LogP contribution in [0.4, 0.5) is 20.2 Å². The van der Waals surface area contributed by atoms with Crippen LogP contribution in [0.3, 0.4) is 0 Å². The number of hydrogen-bond acceptors (Lipinski definition) is 7. The molecule has 284 valence electrons. The van der Waals surface area contributed by atoms with Crippen LogP contribution in [0.1, 0.15) is 45.8 Å². The quantitative estimate of drug-likeness (QED) is 0.0984. The van der Waals surface area contributed by atoms with Crippen LogP contribution in [0.2, 0.25) is 5.02 Å². The SMILES string of the molecule is O=C(c1ccccc1)c1ccc(N2C(=O)[C@H]3[C@H](CC=C4[C@H]3C[C@H]3C(=O)N(Nc5ccc(F)cc5)C(=O)[C@@]3(c3ccc(Cl)cc3)[C@H]4c3ccc(O)c(F)c3)C2=O)cc1. The number of anilines is 2. The minimum atomic E-state index is -1.71. The second-order valence-corrected chi connectivity index (χ2v) is 15.3. The van der Waals surface area contributed by atoms with Crippen molar-refractivity contribution in [1.82, 2.24) is 5.01 Å². The van der Waals surface area contributed by atoms with E-state index in [1.807, 2.05) is 6.08 Å². The molecule has 3 fully saturated rings. The molecule has 2 N–H and O–H groups in total. The fraction of sp³-hybridized carbons (Fsp3) is 0.178. The number of phenolic OH excluding ortho intramolecular Hbond substituents is 1. The smallest absolute Gasteiger partial charge is 0.260 e. The van der Waals surface area contributed by atoms with Crippen molar-refractivity contribution in [2.24, 2.45) is 23.7 Å². The van der Waals surface area contributed by atoms with Crippen LogP contribution < -0.4 is 10.3 Å². The van der Waals surface area contributed by atoms with Gasteiger partial charge in [-0.3, -0.25) is 34.3 Å². The number of aromatic hydroxyl groups is 1. The molecule has 2 heterocycles. The van der Waals surface area contributed by atoms with E-state index in [-0.39, 0.29) is 35.6 Å². The lowest BCUT2D eigenvalue weighted by Gasteiger charge is -2.50. The van der Waals surface area contributed by atoms with Crippen molar-refractivity contribution >= 4 is 52.4 Å². The van der Waals surface area contributed by atoms with Crippen LogP contribution in [0.25, 0.3) is 0 Å². The highest BCUT2D eigenvalue weighted by molar-refractivity contribution is 6.30. The molecule has 9 nitrogen and oxygen atoms in total. The van der Waals surface area contributed by atoms with Gasteiger partial charge in [-0.05, 0) is 103 Å². The van der Waals surface area contributed by atoms with E-state index in [1.165, 1.54) is 36.4 Å². The first-order chi connectivity index (χ1) is 27.5. The van der Waals surface area contributed by atoms with Crippen molar-refractivity contribution in [3.05, 3.63) is 172 Å². The van der Waals surface area contributed by atoms with E-state index in [9.17, 15) is 28.7 Å². The number of ketones is 1. The van der Waals surface area contributed by atoms with Crippen LogP contribution in [-0.2, 0) is 24.6 Å². The van der Waals surface area contributed by atoms with E-state index in [2.05, 4.69) is 5.43 Å². The maximum absolute atomic E-state index is 15.4. The molecule has 12 heteroatoms. The predicted octanol–water partition coefficient (Wildman–Crippen LogP) is 7.74. The number of imide groups is 2. The molecule has 0 unspecified atom stereocenters. The van der Waals surface area contributed by atoms with E-state index in [0.29, 0.717) is 27.3 Å². The number of carbonyl (C=O) groups is 5. The highest BCUT2D eigenvalue weighted by Crippen LogP contribution is 2.64. The average molecular weight is 784 g/mol. The third-order valence-electron chi connectivity index (χ3n) is 12.0. The van der Waals surface area contributed by atoms with E-state index < -0.39 is 76.0 Å². The molecule has 0 spiro atoms. The molecule has 0 bridgehead atoms. The zero-order valence-corrected chi connectivity index (χ0v) is 30.7. The summed E-state index contributed by atoms with van der Waals surface area (Å²) in [5.74, 6) is -9.16. The van der Waals surface area contributed by atoms with Gasteiger partial charge in [0.2, 0.25) is 11.8 Å². The van der Waals surface area contributed by atoms with Gasteiger partial charge in [0.05, 0.1) is 34.5 Å². The van der Waals surface area contributed by atoms with Crippen LogP contribution in [0, 0.1) is 35.3 Å². The Morgan fingerprint density at radius 2 is 1.46 bits per heavy atom. The molecule has 5 aromatic carbocycles. The topological polar surface area (TPSA) is 124 Å². The van der Waals surface area contributed by atoms with E-state index in [4.69, 9.17) is 11.6 Å². The number of phenols is 1. The molecule has 6 atom stereocenters. The number of rotatable bonds is 7. The van der Waals surface area contributed by atoms with Gasteiger partial charge in [-0.2, -0.15) is 5.01 Å². The third kappa shape index (κ3) is 5.59. The highest BCUT2D eigenvalue weighted by atomic mass is 35.5. The fourth-order valence-corrected chi connectivity index (χ4v) is 9.63. The van der Waals surface area contributed by atoms with Gasteiger partial charge in [-0.1, -0.05) is 71.8 Å². The van der Waals surface area contributed by atoms with Gasteiger partial charge < -0.3 is 5.11 Å². The minimum Gasteiger partial charge on any atom is -0.505 e. The Balaban J connectivity index is 1.15. The number of hydrogen-bond donors (Lipinski definition) is 2. The Bertz CT molecular complexity index is 2530. The first-order valence-electron chi connectivity index (χ1n) is 18.4. The molecule has 0 aromatic heterocycles. The minimum absolute atomic E-state index is 0.0176. The van der Waals surface area contributed by atoms with E-state index >= 15 is 9.18 Å². The summed E-state index contributed by atoms with van der Waals surface area (Å²) in [5.41, 5.74) is 3.86. The first kappa shape index (κ1) is 36.2. The lowest BCUT2D eigenvalue weighted by Crippen LogP contribution is -2.53. The molecule has 4 aliphatic rings. The third-order valence-corrected chi connectivity index (χ3v) is 12.2. The van der Waals surface area contributed by atoms with E-state index in [1.54, 1.807) is 78.9 Å². The standard InChI is InChI=1S/C45H32ClF2N3O6/c46-28-11-9-27(10-12-28)45-35(42(55)51(44(45)57)49-30-15-13-29(47)14-16-30)23-34-32(39(45)26-8-21-37(52)36(48)22-26)19-20-33-38(34)43(56)50(41(33)54)31-17-6-25(7-18-31)40(53)24-4-2-1-3-5-24/h1-19,21-22,33-35,38-39,49,52H,20,23H2/t33-,34+,35-,38-,39-,45+/m0/s1. The van der Waals surface area contributed by atoms with Gasteiger partial charge in [-0.15, -0.1) is 0 Å². The zero-order valence-electron chi connectivity index (χ0n) is 29.9. The molecule has 9 rings (SSSR count). The number of halogens is 3. The number of allylic oxidation sites excluding steroid dienone is 2. The summed E-state index contributed by atoms with van der Waals surface area (Å²) in [6.07, 6.45) is 1.94. The largest absolute Gasteiger partial charge is 0.505 e. The number of fused-ring (bicyclic) bond motifs is 4. The Hall–Kier alpha value is -6.46. The number of nitrogens with zero attached hydrogens (tertiary/aromatic N) is 2. The summed E-state index contributed by atoms with van der Waals surface area (Å²) < 4.78 is 29.3. The second kappa shape index (κ2) is 13.6. The maximum Gasteiger partial charge on any atom is 0.260 e. The van der Waals surface area contributed by atoms with Gasteiger partial charge in [0.15, 0.2) is 17.3 Å². The summed E-state index contributed by atoms with van der Waals surface area (Å²) in [5, 5.41) is 11.5. The van der Waals surface area contributed by atoms with Gasteiger partial charge >= 0.3 is 0 Å². The molecule has 4 amide bonds. The number of nitrogens with one attached hydrogen (secondary N) is 1. The second-order valence-electron chi connectivity index (χ2n) is 14.8. The molecule has 5 aromatic rings. The number of benzene rings is 5. The Morgan fingerprint density at radius 3 is 2.14 bits per heavy atom. The molecule has 2 aliphatic heterocycles. The maximum atomic E-state index is 15.4. The van der Waals surface area contributed by atoms with Crippen LogP contribution in [-0.4, -0.2) is 39.5 Å². The molecule has 0 radical (unpaired) electrons. The number of carbonyl (C=O) groups excluding carboxylic acids is 5. The fourth-order valence-electron chi connectivity index (χ4n) is 9.51. The molecular formula is C45H32ClF2N3O6. The van der Waals surface area contributed by atoms with Crippen LogP contribution >= 0.6 is 11.6 Å². The summed E-state index contributed by atoms with van der Waals surface area (Å²) in [4.78, 5) is 73.0. The zero-order chi connectivity index (χ0) is 39.7. The lowest BCUT2D eigenvalue weighted by atomic mass is 9.49. The molecule has 2 saturated heterocycles. The number of amides is 4. The summed E-state index contributed by atoms with van der Waals surface area (Å²) in [7, 11) is 0. The number of hydrazine groups is 1. The molecule has 1 saturated carbocycles. The predicted molar refractivity (Wildman–Crippen MR) is 206 cm³/mol. The molecular weight excluding hydrogens is 752 g/mol. The van der Waals surface area contributed by atoms with E-state index in [0.717, 1.165) is 16.0 Å². The normalized spacial score (nSPS) is 25.2. The van der Waals surface area contributed by atoms with Crippen molar-refractivity contribution in [2.45, 2.75) is 24.2 Å². The van der Waals surface area contributed by atoms with Crippen molar-refractivity contribution < 1.29 is 37.9 Å². The first-order valence-corrected chi connectivity index (χ1v) is 18.8. The Kier molecular flexibility index (Phi) is 8.65. The molecule has 2 aliphatic carbocycles. The van der Waals surface area contributed by atoms with Gasteiger partial charge in [0.25, 0.3) is 11.8 Å². The van der Waals surface area contributed by atoms with Gasteiger partial charge in [0.1, 0.15) is 5.82 Å². The summed E-state index contributed by atoms with van der Waals surface area (Å²) in [6, 6.07) is 30.4. The van der Waals surface area contributed by atoms with Gasteiger partial charge in [0, 0.05) is 22.1 Å². The van der Waals surface area contributed by atoms with Gasteiger partial charge in [-0.25, -0.2) is 8.78 Å². The highest BCUT2D eigenvalue weighted by Gasteiger charge is 2.70. The Labute approximate surface area is 330 Å². The van der Waals surface area contributed by atoms with Crippen LogP contribution in [0.5, 0.6) is 5.75 Å². The van der Waals surface area contributed by atoms with Crippen molar-refractivity contribution in [1.29, 1.82) is 0 Å². The molecule has 57 heavy (non-hydrogen) atoms. The summed E-state index contributed by atoms with van der Waals surface area (Å²) in [6.45, 7) is 0. The van der Waals surface area contributed by atoms with Crippen molar-refractivity contribution in [3.63, 3.8) is 0 Å².